The van der Waals surface area contributed by atoms with Gasteiger partial charge in [0.2, 0.25) is 5.78 Å². The van der Waals surface area contributed by atoms with Crippen molar-refractivity contribution in [1.29, 1.82) is 0 Å². The van der Waals surface area contributed by atoms with Crippen molar-refractivity contribution in [2.75, 3.05) is 20.6 Å². The Morgan fingerprint density at radius 3 is 2.53 bits per heavy atom. The molecule has 0 aromatic heterocycles. The minimum atomic E-state index is -2.66. The molecule has 38 heavy (non-hydrogen) atoms. The number of aromatic hydroxyl groups is 1. The van der Waals surface area contributed by atoms with E-state index in [0.717, 1.165) is 19.4 Å². The molecule has 5 rings (SSSR count). The van der Waals surface area contributed by atoms with E-state index in [0.29, 0.717) is 28.7 Å². The summed E-state index contributed by atoms with van der Waals surface area (Å²) in [5.74, 6) is -6.76. The number of halogens is 1. The third-order valence-corrected chi connectivity index (χ3v) is 9.27. The highest BCUT2D eigenvalue weighted by Gasteiger charge is 2.63. The summed E-state index contributed by atoms with van der Waals surface area (Å²) >= 11 is 6.82. The summed E-state index contributed by atoms with van der Waals surface area (Å²) in [6, 6.07) is 0.792. The average Bonchev–Trinajstić information content (AvgIpc) is 3.23. The van der Waals surface area contributed by atoms with Crippen molar-refractivity contribution in [2.24, 2.45) is 17.6 Å². The van der Waals surface area contributed by atoms with E-state index in [1.165, 1.54) is 11.0 Å². The zero-order valence-electron chi connectivity index (χ0n) is 21.5. The molecule has 0 unspecified atom stereocenters. The van der Waals surface area contributed by atoms with Gasteiger partial charge in [-0.2, -0.15) is 0 Å². The molecule has 1 heterocycles. The van der Waals surface area contributed by atoms with Crippen LogP contribution >= 0.6 is 11.6 Å². The number of fused-ring (bicyclic) bond motifs is 3. The molecule has 10 nitrogen and oxygen atoms in total. The number of phenolic OH excluding ortho intramolecular Hbond substituents is 1. The van der Waals surface area contributed by atoms with Crippen LogP contribution in [0.3, 0.4) is 0 Å². The first kappa shape index (κ1) is 26.7. The number of likely N-dealkylation sites (tertiary alicyclic amines) is 1. The van der Waals surface area contributed by atoms with Crippen LogP contribution < -0.4 is 5.73 Å². The van der Waals surface area contributed by atoms with Crippen molar-refractivity contribution in [3.63, 3.8) is 0 Å². The second-order valence-electron chi connectivity index (χ2n) is 11.1. The van der Waals surface area contributed by atoms with E-state index < -0.39 is 58.0 Å². The molecule has 11 heteroatoms. The van der Waals surface area contributed by atoms with Gasteiger partial charge in [0.25, 0.3) is 5.91 Å². The lowest BCUT2D eigenvalue weighted by Gasteiger charge is -2.50. The number of primary amides is 1. The number of ketones is 2. The van der Waals surface area contributed by atoms with Gasteiger partial charge in [-0.05, 0) is 76.4 Å². The van der Waals surface area contributed by atoms with E-state index in [1.54, 1.807) is 14.1 Å². The molecule has 1 saturated heterocycles. The monoisotopic (exact) mass is 545 g/mol. The average molecular weight is 546 g/mol. The van der Waals surface area contributed by atoms with Crippen LogP contribution in [-0.4, -0.2) is 86.0 Å². The Bertz CT molecular complexity index is 1340. The van der Waals surface area contributed by atoms with Crippen molar-refractivity contribution < 1.29 is 34.8 Å². The number of carbonyl (C=O) groups is 3. The first-order chi connectivity index (χ1) is 17.8. The molecule has 0 bridgehead atoms. The van der Waals surface area contributed by atoms with E-state index in [2.05, 4.69) is 11.8 Å². The number of likely N-dealkylation sites (N-methyl/N-ethyl adjacent to an activating group) is 1. The molecule has 0 radical (unpaired) electrons. The Morgan fingerprint density at radius 1 is 1.26 bits per heavy atom. The van der Waals surface area contributed by atoms with Gasteiger partial charge in [0.15, 0.2) is 11.4 Å². The van der Waals surface area contributed by atoms with Crippen molar-refractivity contribution in [1.82, 2.24) is 9.80 Å². The van der Waals surface area contributed by atoms with Crippen molar-refractivity contribution in [2.45, 2.75) is 56.8 Å². The lowest BCUT2D eigenvalue weighted by molar-refractivity contribution is -0.148. The topological polar surface area (TPSA) is 165 Å². The van der Waals surface area contributed by atoms with E-state index in [-0.39, 0.29) is 29.7 Å². The van der Waals surface area contributed by atoms with Crippen LogP contribution in [0.15, 0.2) is 28.7 Å². The number of amides is 1. The first-order valence-electron chi connectivity index (χ1n) is 12.7. The summed E-state index contributed by atoms with van der Waals surface area (Å²) in [6.45, 7) is 3.55. The third kappa shape index (κ3) is 3.61. The van der Waals surface area contributed by atoms with Crippen LogP contribution in [0, 0.1) is 11.8 Å². The number of aliphatic hydroxyl groups is 3. The molecule has 0 spiro atoms. The molecule has 0 saturated carbocycles. The maximum atomic E-state index is 13.7. The summed E-state index contributed by atoms with van der Waals surface area (Å²) in [5.41, 5.74) is 2.74. The molecule has 1 fully saturated rings. The van der Waals surface area contributed by atoms with Crippen LogP contribution in [0.2, 0.25) is 5.02 Å². The van der Waals surface area contributed by atoms with E-state index >= 15 is 0 Å². The minimum absolute atomic E-state index is 0.0240. The van der Waals surface area contributed by atoms with Gasteiger partial charge in [0.05, 0.1) is 11.6 Å². The number of phenols is 1. The van der Waals surface area contributed by atoms with Gasteiger partial charge in [-0.15, -0.1) is 0 Å². The maximum Gasteiger partial charge on any atom is 0.255 e. The van der Waals surface area contributed by atoms with Gasteiger partial charge < -0.3 is 26.2 Å². The molecular formula is C27H32ClN3O7. The Morgan fingerprint density at radius 2 is 1.95 bits per heavy atom. The number of allylic oxidation sites excluding steroid dienone is 1. The Hall–Kier alpha value is -2.92. The summed E-state index contributed by atoms with van der Waals surface area (Å²) in [6.07, 6.45) is 2.33. The molecule has 1 amide bonds. The summed E-state index contributed by atoms with van der Waals surface area (Å²) in [5, 5.41) is 45.1. The van der Waals surface area contributed by atoms with Crippen LogP contribution in [-0.2, 0) is 22.6 Å². The summed E-state index contributed by atoms with van der Waals surface area (Å²) < 4.78 is 0. The quantitative estimate of drug-likeness (QED) is 0.354. The van der Waals surface area contributed by atoms with Crippen molar-refractivity contribution in [3.8, 4) is 5.75 Å². The molecule has 4 aliphatic rings. The highest BCUT2D eigenvalue weighted by Crippen LogP contribution is 2.53. The van der Waals surface area contributed by atoms with Gasteiger partial charge in [-0.1, -0.05) is 11.6 Å². The number of aliphatic hydroxyl groups excluding tert-OH is 2. The Labute approximate surface area is 225 Å². The predicted molar refractivity (Wildman–Crippen MR) is 138 cm³/mol. The van der Waals surface area contributed by atoms with Gasteiger partial charge in [-0.25, -0.2) is 0 Å². The van der Waals surface area contributed by atoms with Gasteiger partial charge >= 0.3 is 0 Å². The van der Waals surface area contributed by atoms with Crippen LogP contribution in [0.1, 0.15) is 47.7 Å². The van der Waals surface area contributed by atoms with E-state index in [9.17, 15) is 34.8 Å². The van der Waals surface area contributed by atoms with Crippen LogP contribution in [0.4, 0.5) is 0 Å². The number of Topliss-reactive ketones (excluding diaryl/α,β-unsaturated/α-hetero) is 2. The number of nitrogens with two attached hydrogens (primary N) is 1. The lowest BCUT2D eigenvalue weighted by Crippen LogP contribution is -2.63. The maximum absolute atomic E-state index is 13.7. The molecule has 1 aliphatic heterocycles. The first-order valence-corrected chi connectivity index (χ1v) is 13.1. The van der Waals surface area contributed by atoms with E-state index in [4.69, 9.17) is 17.3 Å². The number of carbonyl (C=O) groups excluding carboxylic acids is 3. The number of rotatable bonds is 4. The number of hydrogen-bond donors (Lipinski definition) is 5. The summed E-state index contributed by atoms with van der Waals surface area (Å²) in [4.78, 5) is 42.9. The number of hydrogen-bond acceptors (Lipinski definition) is 9. The van der Waals surface area contributed by atoms with Gasteiger partial charge in [-0.3, -0.25) is 24.2 Å². The minimum Gasteiger partial charge on any atom is -0.510 e. The lowest BCUT2D eigenvalue weighted by atomic mass is 9.58. The third-order valence-electron chi connectivity index (χ3n) is 8.79. The SMILES string of the molecule is C[C@@H]1CCCN1Cc1cc(O)c2c(c1Cl)C[C@H]1C[C@H]3[C@H](N(C)C)C(O)=C(C(N)=O)C(=O)[C@@]3(O)C(O)=C1C2=O. The fourth-order valence-electron chi connectivity index (χ4n) is 6.92. The highest BCUT2D eigenvalue weighted by molar-refractivity contribution is 6.33. The Balaban J connectivity index is 1.64. The smallest absolute Gasteiger partial charge is 0.255 e. The fourth-order valence-corrected chi connectivity index (χ4v) is 7.20. The van der Waals surface area contributed by atoms with Crippen LogP contribution in [0.5, 0.6) is 5.75 Å². The zero-order valence-corrected chi connectivity index (χ0v) is 22.2. The molecular weight excluding hydrogens is 514 g/mol. The molecule has 1 aromatic rings. The molecule has 1 aromatic carbocycles. The predicted octanol–water partition coefficient (Wildman–Crippen LogP) is 1.76. The highest BCUT2D eigenvalue weighted by atomic mass is 35.5. The number of nitrogens with zero attached hydrogens (tertiary/aromatic N) is 2. The number of benzene rings is 1. The second-order valence-corrected chi connectivity index (χ2v) is 11.5. The van der Waals surface area contributed by atoms with Gasteiger partial charge in [0, 0.05) is 29.1 Å². The molecule has 5 atom stereocenters. The van der Waals surface area contributed by atoms with Gasteiger partial charge in [0.1, 0.15) is 22.8 Å². The largest absolute Gasteiger partial charge is 0.510 e. The fraction of sp³-hybridized carbons (Fsp3) is 0.519. The van der Waals surface area contributed by atoms with Crippen molar-refractivity contribution in [3.05, 3.63) is 50.4 Å². The second kappa shape index (κ2) is 9.08. The summed E-state index contributed by atoms with van der Waals surface area (Å²) in [7, 11) is 3.18. The van der Waals surface area contributed by atoms with Crippen LogP contribution in [0.25, 0.3) is 0 Å². The Kier molecular flexibility index (Phi) is 6.38. The zero-order chi connectivity index (χ0) is 27.8. The van der Waals surface area contributed by atoms with E-state index in [1.807, 2.05) is 0 Å². The molecule has 204 valence electrons. The normalized spacial score (nSPS) is 31.5. The molecule has 6 N–H and O–H groups in total. The standard InChI is InChI=1S/C27H32ClN3O7/c1-11-5-4-6-31(11)10-13-9-16(32)18-14(20(13)28)7-12-8-15-21(30(2)3)23(34)19(26(29)37)25(36)27(15,38)24(35)17(12)22(18)33/h9,11-12,15,21,32,34-35,38H,4-8,10H2,1-3H3,(H2,29,37)/t11-,12+,15+,21+,27+/m1/s1. The molecule has 3 aliphatic carbocycles. The van der Waals surface area contributed by atoms with Crippen molar-refractivity contribution >= 4 is 29.1 Å².